The van der Waals surface area contributed by atoms with Crippen LogP contribution in [-0.4, -0.2) is 24.3 Å². The Morgan fingerprint density at radius 3 is 3.00 bits per heavy atom. The summed E-state index contributed by atoms with van der Waals surface area (Å²) in [6, 6.07) is 6.70. The van der Waals surface area contributed by atoms with Gasteiger partial charge in [-0.1, -0.05) is 6.92 Å². The summed E-state index contributed by atoms with van der Waals surface area (Å²) in [4.78, 5) is 4.58. The lowest BCUT2D eigenvalue weighted by Gasteiger charge is -2.19. The van der Waals surface area contributed by atoms with E-state index in [-0.39, 0.29) is 4.90 Å². The summed E-state index contributed by atoms with van der Waals surface area (Å²) < 4.78 is 38.6. The normalized spacial score (nSPS) is 16.2. The molecule has 0 radical (unpaired) electrons. The van der Waals surface area contributed by atoms with Gasteiger partial charge in [-0.3, -0.25) is 0 Å². The number of hydrogen-bond donors (Lipinski definition) is 0. The van der Waals surface area contributed by atoms with Crippen molar-refractivity contribution in [3.8, 4) is 0 Å². The van der Waals surface area contributed by atoms with Crippen LogP contribution >= 0.6 is 0 Å². The van der Waals surface area contributed by atoms with Gasteiger partial charge in [0.1, 0.15) is 11.3 Å². The van der Waals surface area contributed by atoms with E-state index in [9.17, 15) is 8.42 Å². The van der Waals surface area contributed by atoms with E-state index in [4.69, 9.17) is 8.83 Å². The van der Waals surface area contributed by atoms with Crippen molar-refractivity contribution in [2.24, 2.45) is 0 Å². The van der Waals surface area contributed by atoms with Gasteiger partial charge in [-0.2, -0.15) is 4.31 Å². The number of fused-ring (bicyclic) bond motifs is 2. The Balaban J connectivity index is 1.71. The van der Waals surface area contributed by atoms with Gasteiger partial charge in [0.2, 0.25) is 10.0 Å². The van der Waals surface area contributed by atoms with Gasteiger partial charge in [0, 0.05) is 31.5 Å². The molecule has 2 aromatic heterocycles. The molecule has 0 spiro atoms. The minimum absolute atomic E-state index is 0.248. The minimum atomic E-state index is -3.58. The molecule has 0 atom stereocenters. The maximum absolute atomic E-state index is 13.0. The quantitative estimate of drug-likeness (QED) is 0.728. The summed E-state index contributed by atoms with van der Waals surface area (Å²) in [6.45, 7) is 2.76. The summed E-state index contributed by atoms with van der Waals surface area (Å²) in [5.74, 6) is 1.49. The van der Waals surface area contributed by atoms with Gasteiger partial charge < -0.3 is 8.83 Å². The molecule has 4 rings (SSSR count). The van der Waals surface area contributed by atoms with Gasteiger partial charge in [-0.15, -0.1) is 0 Å². The van der Waals surface area contributed by atoms with Gasteiger partial charge in [-0.05, 0) is 30.7 Å². The molecule has 0 bridgehead atoms. The number of aryl methyl sites for hydroxylation is 2. The Bertz CT molecular complexity index is 987. The Hall–Kier alpha value is -2.12. The molecule has 1 aliphatic heterocycles. The molecule has 0 unspecified atom stereocenters. The average molecular weight is 346 g/mol. The Morgan fingerprint density at radius 2 is 2.17 bits per heavy atom. The number of sulfonamides is 1. The van der Waals surface area contributed by atoms with Crippen molar-refractivity contribution in [2.45, 2.75) is 37.6 Å². The smallest absolute Gasteiger partial charge is 0.243 e. The largest absolute Gasteiger partial charge is 0.469 e. The van der Waals surface area contributed by atoms with Crippen LogP contribution in [0.5, 0.6) is 0 Å². The summed E-state index contributed by atoms with van der Waals surface area (Å²) >= 11 is 0. The highest BCUT2D eigenvalue weighted by molar-refractivity contribution is 7.89. The van der Waals surface area contributed by atoms with E-state index in [0.29, 0.717) is 36.5 Å². The molecule has 7 heteroatoms. The van der Waals surface area contributed by atoms with Crippen LogP contribution in [0, 0.1) is 0 Å². The lowest BCUT2D eigenvalue weighted by atomic mass is 10.2. The van der Waals surface area contributed by atoms with Crippen molar-refractivity contribution >= 4 is 21.1 Å². The first-order chi connectivity index (χ1) is 11.6. The van der Waals surface area contributed by atoms with Crippen LogP contribution in [-0.2, 0) is 29.4 Å². The van der Waals surface area contributed by atoms with Gasteiger partial charge in [0.15, 0.2) is 11.5 Å². The van der Waals surface area contributed by atoms with Crippen molar-refractivity contribution in [1.29, 1.82) is 0 Å². The summed E-state index contributed by atoms with van der Waals surface area (Å²) in [5, 5.41) is 0. The lowest BCUT2D eigenvalue weighted by Crippen LogP contribution is -2.30. The molecule has 0 saturated carbocycles. The first kappa shape index (κ1) is 15.4. The van der Waals surface area contributed by atoms with E-state index in [0.717, 1.165) is 24.2 Å². The van der Waals surface area contributed by atoms with Gasteiger partial charge in [0.05, 0.1) is 11.2 Å². The molecule has 0 amide bonds. The molecule has 1 aromatic carbocycles. The fraction of sp³-hybridized carbons (Fsp3) is 0.353. The summed E-state index contributed by atoms with van der Waals surface area (Å²) in [7, 11) is -3.58. The zero-order valence-corrected chi connectivity index (χ0v) is 14.2. The summed E-state index contributed by atoms with van der Waals surface area (Å²) in [6.07, 6.45) is 3.79. The number of oxazole rings is 1. The fourth-order valence-corrected chi connectivity index (χ4v) is 4.51. The molecule has 6 nitrogen and oxygen atoms in total. The second-order valence-corrected chi connectivity index (χ2v) is 7.84. The van der Waals surface area contributed by atoms with Crippen LogP contribution in [0.3, 0.4) is 0 Å². The van der Waals surface area contributed by atoms with Crippen LogP contribution in [0.25, 0.3) is 11.1 Å². The third kappa shape index (κ3) is 2.53. The predicted molar refractivity (Wildman–Crippen MR) is 88.0 cm³/mol. The third-order valence-corrected chi connectivity index (χ3v) is 6.18. The highest BCUT2D eigenvalue weighted by Gasteiger charge is 2.28. The SMILES string of the molecule is CCc1nc2cc(S(=O)(=O)N3CCCc4occc4C3)ccc2o1. The Kier molecular flexibility index (Phi) is 3.69. The second-order valence-electron chi connectivity index (χ2n) is 5.90. The minimum Gasteiger partial charge on any atom is -0.469 e. The molecular formula is C17H18N2O4S. The predicted octanol–water partition coefficient (Wildman–Crippen LogP) is 3.12. The van der Waals surface area contributed by atoms with E-state index < -0.39 is 10.0 Å². The molecule has 0 N–H and O–H groups in total. The van der Waals surface area contributed by atoms with Gasteiger partial charge in [-0.25, -0.2) is 13.4 Å². The molecular weight excluding hydrogens is 328 g/mol. The molecule has 1 aliphatic rings. The van der Waals surface area contributed by atoms with Crippen molar-refractivity contribution in [3.63, 3.8) is 0 Å². The molecule has 0 aliphatic carbocycles. The number of benzene rings is 1. The zero-order chi connectivity index (χ0) is 16.7. The average Bonchev–Trinajstić information content (AvgIpc) is 3.14. The van der Waals surface area contributed by atoms with Crippen molar-refractivity contribution < 1.29 is 17.3 Å². The van der Waals surface area contributed by atoms with Crippen molar-refractivity contribution in [3.05, 3.63) is 47.7 Å². The first-order valence-corrected chi connectivity index (χ1v) is 9.47. The van der Waals surface area contributed by atoms with Crippen molar-refractivity contribution in [2.75, 3.05) is 6.54 Å². The Labute approximate surface area is 140 Å². The molecule has 126 valence electrons. The fourth-order valence-electron chi connectivity index (χ4n) is 3.03. The van der Waals surface area contributed by atoms with Gasteiger partial charge >= 0.3 is 0 Å². The van der Waals surface area contributed by atoms with E-state index in [1.54, 1.807) is 24.5 Å². The molecule has 24 heavy (non-hydrogen) atoms. The summed E-state index contributed by atoms with van der Waals surface area (Å²) in [5.41, 5.74) is 2.12. The number of aromatic nitrogens is 1. The van der Waals surface area contributed by atoms with E-state index in [2.05, 4.69) is 4.98 Å². The molecule has 3 aromatic rings. The van der Waals surface area contributed by atoms with Crippen LogP contribution in [0.1, 0.15) is 30.6 Å². The number of furan rings is 1. The second kappa shape index (κ2) is 5.75. The molecule has 0 fully saturated rings. The van der Waals surface area contributed by atoms with Gasteiger partial charge in [0.25, 0.3) is 0 Å². The monoisotopic (exact) mass is 346 g/mol. The first-order valence-electron chi connectivity index (χ1n) is 8.03. The standard InChI is InChI=1S/C17H18N2O4S/c1-2-17-18-14-10-13(5-6-16(14)23-17)24(20,21)19-8-3-4-15-12(11-19)7-9-22-15/h5-7,9-10H,2-4,8,11H2,1H3. The number of nitrogens with zero attached hydrogens (tertiary/aromatic N) is 2. The van der Waals surface area contributed by atoms with Crippen molar-refractivity contribution in [1.82, 2.24) is 9.29 Å². The number of rotatable bonds is 3. The Morgan fingerprint density at radius 1 is 1.29 bits per heavy atom. The van der Waals surface area contributed by atoms with Crippen LogP contribution in [0.2, 0.25) is 0 Å². The topological polar surface area (TPSA) is 76.6 Å². The maximum Gasteiger partial charge on any atom is 0.243 e. The van der Waals surface area contributed by atoms with E-state index in [1.807, 2.05) is 13.0 Å². The highest BCUT2D eigenvalue weighted by Crippen LogP contribution is 2.27. The van der Waals surface area contributed by atoms with Crippen LogP contribution in [0.4, 0.5) is 0 Å². The maximum atomic E-state index is 13.0. The highest BCUT2D eigenvalue weighted by atomic mass is 32.2. The zero-order valence-electron chi connectivity index (χ0n) is 13.4. The third-order valence-electron chi connectivity index (χ3n) is 4.34. The van der Waals surface area contributed by atoms with E-state index >= 15 is 0 Å². The van der Waals surface area contributed by atoms with Crippen LogP contribution < -0.4 is 0 Å². The molecule has 0 saturated heterocycles. The van der Waals surface area contributed by atoms with Crippen LogP contribution in [0.15, 0.2) is 44.3 Å². The lowest BCUT2D eigenvalue weighted by molar-refractivity contribution is 0.409. The molecule has 3 heterocycles. The number of hydrogen-bond acceptors (Lipinski definition) is 5. The van der Waals surface area contributed by atoms with E-state index in [1.165, 1.54) is 4.31 Å².